The molecule has 1 aliphatic heterocycles. The first kappa shape index (κ1) is 19.5. The molecule has 2 rings (SSSR count). The van der Waals surface area contributed by atoms with Crippen LogP contribution in [0.4, 0.5) is 0 Å². The van der Waals surface area contributed by atoms with E-state index in [1.165, 1.54) is 5.57 Å². The molecule has 0 saturated carbocycles. The van der Waals surface area contributed by atoms with Crippen LogP contribution in [-0.2, 0) is 4.74 Å². The van der Waals surface area contributed by atoms with Crippen LogP contribution in [-0.4, -0.2) is 29.5 Å². The van der Waals surface area contributed by atoms with Crippen LogP contribution in [0.25, 0.3) is 6.08 Å². The van der Waals surface area contributed by atoms with Gasteiger partial charge < -0.3 is 14.9 Å². The Bertz CT molecular complexity index is 660. The Morgan fingerprint density at radius 3 is 2.56 bits per heavy atom. The highest BCUT2D eigenvalue weighted by Gasteiger charge is 2.21. The molecule has 1 aliphatic rings. The minimum absolute atomic E-state index is 0.0184. The number of benzene rings is 1. The molecule has 0 bridgehead atoms. The first-order valence-corrected chi connectivity index (χ1v) is 9.06. The molecule has 136 valence electrons. The number of hydrogen-bond acceptors (Lipinski definition) is 3. The summed E-state index contributed by atoms with van der Waals surface area (Å²) in [4.78, 5) is 0. The molecule has 25 heavy (non-hydrogen) atoms. The van der Waals surface area contributed by atoms with Crippen LogP contribution in [0.3, 0.4) is 0 Å². The maximum absolute atomic E-state index is 9.95. The van der Waals surface area contributed by atoms with E-state index in [0.29, 0.717) is 12.4 Å². The number of rotatable bonds is 8. The average molecular weight is 342 g/mol. The number of ether oxygens (including phenoxy) is 1. The lowest BCUT2D eigenvalue weighted by molar-refractivity contribution is 0.115. The Balaban J connectivity index is 2.11. The maximum Gasteiger partial charge on any atom is 0.121 e. The van der Waals surface area contributed by atoms with Gasteiger partial charge in [-0.15, -0.1) is 0 Å². The van der Waals surface area contributed by atoms with Crippen molar-refractivity contribution < 1.29 is 14.9 Å². The zero-order valence-electron chi connectivity index (χ0n) is 15.6. The minimum atomic E-state index is -0.0184. The molecular weight excluding hydrogens is 312 g/mol. The quantitative estimate of drug-likeness (QED) is 0.710. The summed E-state index contributed by atoms with van der Waals surface area (Å²) in [5.74, 6) is 0.380. The van der Waals surface area contributed by atoms with E-state index < -0.39 is 0 Å². The molecule has 1 unspecified atom stereocenters. The first-order chi connectivity index (χ1) is 12.0. The smallest absolute Gasteiger partial charge is 0.121 e. The third-order valence-corrected chi connectivity index (χ3v) is 4.73. The topological polar surface area (TPSA) is 49.7 Å². The van der Waals surface area contributed by atoms with Crippen LogP contribution < -0.4 is 0 Å². The van der Waals surface area contributed by atoms with Gasteiger partial charge in [0.25, 0.3) is 0 Å². The van der Waals surface area contributed by atoms with Crippen molar-refractivity contribution >= 4 is 6.08 Å². The second-order valence-corrected chi connectivity index (χ2v) is 6.84. The van der Waals surface area contributed by atoms with E-state index in [9.17, 15) is 10.2 Å². The largest absolute Gasteiger partial charge is 0.507 e. The first-order valence-electron chi connectivity index (χ1n) is 9.06. The van der Waals surface area contributed by atoms with Crippen molar-refractivity contribution in [2.24, 2.45) is 0 Å². The van der Waals surface area contributed by atoms with Crippen LogP contribution in [0.5, 0.6) is 5.75 Å². The maximum atomic E-state index is 9.95. The molecule has 1 heterocycles. The summed E-state index contributed by atoms with van der Waals surface area (Å²) >= 11 is 0. The van der Waals surface area contributed by atoms with Gasteiger partial charge in [0.15, 0.2) is 0 Å². The van der Waals surface area contributed by atoms with Gasteiger partial charge in [0.05, 0.1) is 19.3 Å². The van der Waals surface area contributed by atoms with E-state index in [1.807, 2.05) is 32.1 Å². The molecule has 0 fully saturated rings. The number of phenols is 1. The Morgan fingerprint density at radius 2 is 1.96 bits per heavy atom. The monoisotopic (exact) mass is 342 g/mol. The fraction of sp³-hybridized carbons (Fsp3) is 0.455. The highest BCUT2D eigenvalue weighted by molar-refractivity contribution is 5.58. The van der Waals surface area contributed by atoms with Crippen molar-refractivity contribution in [1.82, 2.24) is 0 Å². The van der Waals surface area contributed by atoms with Gasteiger partial charge in [-0.05, 0) is 73.1 Å². The van der Waals surface area contributed by atoms with E-state index in [-0.39, 0.29) is 12.7 Å². The van der Waals surface area contributed by atoms with Crippen LogP contribution >= 0.6 is 0 Å². The molecule has 0 radical (unpaired) electrons. The molecule has 1 atom stereocenters. The number of aliphatic hydroxyl groups excluding tert-OH is 1. The Labute approximate surface area is 151 Å². The van der Waals surface area contributed by atoms with Crippen molar-refractivity contribution in [2.45, 2.75) is 52.6 Å². The van der Waals surface area contributed by atoms with Gasteiger partial charge in [-0.3, -0.25) is 0 Å². The summed E-state index contributed by atoms with van der Waals surface area (Å²) in [7, 11) is 0. The summed E-state index contributed by atoms with van der Waals surface area (Å²) in [6.45, 7) is 10.6. The molecule has 0 spiro atoms. The second kappa shape index (κ2) is 9.02. The van der Waals surface area contributed by atoms with Crippen LogP contribution in [0.1, 0.15) is 49.3 Å². The molecule has 0 saturated heterocycles. The molecule has 1 aromatic rings. The van der Waals surface area contributed by atoms with Crippen molar-refractivity contribution in [3.05, 3.63) is 58.2 Å². The number of allylic oxidation sites excluding steroid dienone is 1. The van der Waals surface area contributed by atoms with E-state index in [0.717, 1.165) is 53.5 Å². The standard InChI is InChI=1S/C22H30O3/c1-5-6-18(13-19-11-15(2)22(24)16(3)12-19)7-8-21-20(9-10-25-21)17(4)14-23/h9,11-13,21,23-24H,4-8,10,14H2,1-3H3/b18-13+. The number of aliphatic hydroxyl groups is 1. The SMILES string of the molecule is C=C(CO)C1=CCOC1CC/C(=C/c1cc(C)c(O)c(C)c1)CCC. The van der Waals surface area contributed by atoms with E-state index in [2.05, 4.69) is 19.6 Å². The summed E-state index contributed by atoms with van der Waals surface area (Å²) in [5.41, 5.74) is 6.15. The van der Waals surface area contributed by atoms with Crippen molar-refractivity contribution in [1.29, 1.82) is 0 Å². The Morgan fingerprint density at radius 1 is 1.28 bits per heavy atom. The van der Waals surface area contributed by atoms with Gasteiger partial charge in [-0.2, -0.15) is 0 Å². The normalized spacial score (nSPS) is 17.7. The number of aromatic hydroxyl groups is 1. The van der Waals surface area contributed by atoms with Crippen molar-refractivity contribution in [2.75, 3.05) is 13.2 Å². The summed E-state index contributed by atoms with van der Waals surface area (Å²) in [6, 6.07) is 4.06. The predicted molar refractivity (Wildman–Crippen MR) is 104 cm³/mol. The summed E-state index contributed by atoms with van der Waals surface area (Å²) in [6.07, 6.45) is 8.29. The van der Waals surface area contributed by atoms with Crippen molar-refractivity contribution in [3.63, 3.8) is 0 Å². The number of aryl methyl sites for hydroxylation is 2. The number of phenolic OH excluding ortho intramolecular Hbond substituents is 1. The van der Waals surface area contributed by atoms with E-state index in [4.69, 9.17) is 4.74 Å². The van der Waals surface area contributed by atoms with Gasteiger partial charge in [0, 0.05) is 0 Å². The molecule has 0 aliphatic carbocycles. The van der Waals surface area contributed by atoms with Gasteiger partial charge in [0.2, 0.25) is 0 Å². The second-order valence-electron chi connectivity index (χ2n) is 6.84. The molecule has 2 N–H and O–H groups in total. The van der Waals surface area contributed by atoms with Gasteiger partial charge >= 0.3 is 0 Å². The fourth-order valence-corrected chi connectivity index (χ4v) is 3.39. The third-order valence-electron chi connectivity index (χ3n) is 4.73. The van der Waals surface area contributed by atoms with E-state index >= 15 is 0 Å². The Kier molecular flexibility index (Phi) is 7.03. The highest BCUT2D eigenvalue weighted by Crippen LogP contribution is 2.29. The summed E-state index contributed by atoms with van der Waals surface area (Å²) in [5, 5.41) is 19.3. The lowest BCUT2D eigenvalue weighted by atomic mass is 9.94. The molecule has 3 heteroatoms. The van der Waals surface area contributed by atoms with Crippen molar-refractivity contribution in [3.8, 4) is 5.75 Å². The van der Waals surface area contributed by atoms with Gasteiger partial charge in [-0.1, -0.05) is 37.6 Å². The fourth-order valence-electron chi connectivity index (χ4n) is 3.39. The highest BCUT2D eigenvalue weighted by atomic mass is 16.5. The molecule has 3 nitrogen and oxygen atoms in total. The molecule has 1 aromatic carbocycles. The minimum Gasteiger partial charge on any atom is -0.507 e. The molecule has 0 amide bonds. The third kappa shape index (κ3) is 5.07. The van der Waals surface area contributed by atoms with Gasteiger partial charge in [-0.25, -0.2) is 0 Å². The predicted octanol–water partition coefficient (Wildman–Crippen LogP) is 4.85. The van der Waals surface area contributed by atoms with E-state index in [1.54, 1.807) is 0 Å². The van der Waals surface area contributed by atoms with Gasteiger partial charge in [0.1, 0.15) is 5.75 Å². The lowest BCUT2D eigenvalue weighted by Crippen LogP contribution is -2.13. The molecular formula is C22H30O3. The van der Waals surface area contributed by atoms with Crippen LogP contribution in [0.2, 0.25) is 0 Å². The molecule has 0 aromatic heterocycles. The Hall–Kier alpha value is -1.84. The summed E-state index contributed by atoms with van der Waals surface area (Å²) < 4.78 is 5.80. The zero-order chi connectivity index (χ0) is 18.4. The number of hydrogen-bond donors (Lipinski definition) is 2. The average Bonchev–Trinajstić information content (AvgIpc) is 3.05. The van der Waals surface area contributed by atoms with Crippen LogP contribution in [0.15, 0.2) is 41.5 Å². The lowest BCUT2D eigenvalue weighted by Gasteiger charge is -2.17. The zero-order valence-corrected chi connectivity index (χ0v) is 15.6. The van der Waals surface area contributed by atoms with Crippen LogP contribution in [0, 0.1) is 13.8 Å².